The van der Waals surface area contributed by atoms with E-state index in [9.17, 15) is 9.18 Å². The first-order valence-electron chi connectivity index (χ1n) is 3.80. The molecule has 0 aliphatic heterocycles. The Morgan fingerprint density at radius 2 is 1.83 bits per heavy atom. The lowest BCUT2D eigenvalue weighted by Gasteiger charge is -2.03. The second kappa shape index (κ2) is 10.3. The first-order chi connectivity index (χ1) is 5.91. The quantitative estimate of drug-likeness (QED) is 0.391. The standard InChI is InChI=1S/C7H14FNO3/c8-1-3-11-5-6-12-4-2-9-7-10/h7H,1-6H2,(H,9,10). The molecule has 72 valence electrons. The van der Waals surface area contributed by atoms with Gasteiger partial charge in [0.1, 0.15) is 6.67 Å². The van der Waals surface area contributed by atoms with Crippen LogP contribution in [0.15, 0.2) is 0 Å². The number of hydrogen-bond acceptors (Lipinski definition) is 3. The normalized spacial score (nSPS) is 9.75. The lowest BCUT2D eigenvalue weighted by atomic mass is 10.7. The van der Waals surface area contributed by atoms with Gasteiger partial charge in [-0.25, -0.2) is 4.39 Å². The molecule has 5 heteroatoms. The molecule has 0 radical (unpaired) electrons. The predicted molar refractivity (Wildman–Crippen MR) is 41.7 cm³/mol. The van der Waals surface area contributed by atoms with Gasteiger partial charge in [-0.05, 0) is 0 Å². The maximum atomic E-state index is 11.5. The van der Waals surface area contributed by atoms with Gasteiger partial charge in [0, 0.05) is 6.54 Å². The number of alkyl halides is 1. The summed E-state index contributed by atoms with van der Waals surface area (Å²) in [6, 6.07) is 0. The summed E-state index contributed by atoms with van der Waals surface area (Å²) in [6.45, 7) is 1.43. The molecule has 0 aliphatic carbocycles. The average Bonchev–Trinajstić information content (AvgIpc) is 2.10. The molecule has 0 unspecified atom stereocenters. The Morgan fingerprint density at radius 1 is 1.17 bits per heavy atom. The third kappa shape index (κ3) is 9.32. The van der Waals surface area contributed by atoms with Crippen LogP contribution in [-0.2, 0) is 14.3 Å². The fourth-order valence-corrected chi connectivity index (χ4v) is 0.567. The van der Waals surface area contributed by atoms with E-state index in [0.717, 1.165) is 0 Å². The highest BCUT2D eigenvalue weighted by Crippen LogP contribution is 1.78. The smallest absolute Gasteiger partial charge is 0.207 e. The van der Waals surface area contributed by atoms with Crippen LogP contribution in [0.5, 0.6) is 0 Å². The van der Waals surface area contributed by atoms with Crippen molar-refractivity contribution in [2.75, 3.05) is 39.6 Å². The summed E-state index contributed by atoms with van der Waals surface area (Å²) in [5.41, 5.74) is 0. The SMILES string of the molecule is O=CNCCOCCOCCF. The zero-order valence-electron chi connectivity index (χ0n) is 6.92. The predicted octanol–water partition coefficient (Wildman–Crippen LogP) is -0.265. The van der Waals surface area contributed by atoms with Crippen molar-refractivity contribution >= 4 is 6.41 Å². The number of halogens is 1. The van der Waals surface area contributed by atoms with Crippen LogP contribution in [-0.4, -0.2) is 46.1 Å². The van der Waals surface area contributed by atoms with E-state index in [2.05, 4.69) is 5.32 Å². The van der Waals surface area contributed by atoms with E-state index in [4.69, 9.17) is 9.47 Å². The van der Waals surface area contributed by atoms with Gasteiger partial charge in [0.05, 0.1) is 26.4 Å². The molecule has 0 bridgehead atoms. The molecular formula is C7H14FNO3. The van der Waals surface area contributed by atoms with Gasteiger partial charge in [0.15, 0.2) is 0 Å². The molecule has 1 N–H and O–H groups in total. The van der Waals surface area contributed by atoms with Gasteiger partial charge in [0.25, 0.3) is 0 Å². The van der Waals surface area contributed by atoms with E-state index in [-0.39, 0.29) is 6.61 Å². The minimum atomic E-state index is -0.466. The Balaban J connectivity index is 2.77. The number of carbonyl (C=O) groups is 1. The van der Waals surface area contributed by atoms with Crippen LogP contribution in [0.25, 0.3) is 0 Å². The first-order valence-corrected chi connectivity index (χ1v) is 3.80. The topological polar surface area (TPSA) is 47.6 Å². The van der Waals surface area contributed by atoms with Crippen LogP contribution in [0.1, 0.15) is 0 Å². The van der Waals surface area contributed by atoms with Gasteiger partial charge in [-0.1, -0.05) is 0 Å². The highest BCUT2D eigenvalue weighted by atomic mass is 19.1. The number of rotatable bonds is 9. The summed E-state index contributed by atoms with van der Waals surface area (Å²) in [7, 11) is 0. The molecule has 0 saturated carbocycles. The fourth-order valence-electron chi connectivity index (χ4n) is 0.567. The molecule has 0 rings (SSSR count). The first kappa shape index (κ1) is 11.3. The largest absolute Gasteiger partial charge is 0.377 e. The molecule has 0 aromatic rings. The lowest BCUT2D eigenvalue weighted by Crippen LogP contribution is -2.18. The molecule has 4 nitrogen and oxygen atoms in total. The maximum Gasteiger partial charge on any atom is 0.207 e. The summed E-state index contributed by atoms with van der Waals surface area (Å²) in [5, 5.41) is 2.44. The number of ether oxygens (including phenoxy) is 2. The molecule has 12 heavy (non-hydrogen) atoms. The molecule has 0 aromatic heterocycles. The van der Waals surface area contributed by atoms with E-state index in [1.54, 1.807) is 0 Å². The van der Waals surface area contributed by atoms with Crippen molar-refractivity contribution < 1.29 is 18.7 Å². The Bertz CT molecular complexity index is 103. The van der Waals surface area contributed by atoms with E-state index < -0.39 is 6.67 Å². The third-order valence-corrected chi connectivity index (χ3v) is 1.07. The molecule has 0 heterocycles. The molecule has 0 aromatic carbocycles. The second-order valence-electron chi connectivity index (χ2n) is 1.99. The summed E-state index contributed by atoms with van der Waals surface area (Å²) >= 11 is 0. The van der Waals surface area contributed by atoms with Gasteiger partial charge >= 0.3 is 0 Å². The maximum absolute atomic E-state index is 11.5. The van der Waals surface area contributed by atoms with E-state index in [0.29, 0.717) is 32.8 Å². The molecule has 0 spiro atoms. The molecule has 0 aliphatic rings. The van der Waals surface area contributed by atoms with Crippen molar-refractivity contribution in [1.29, 1.82) is 0 Å². The molecule has 0 atom stereocenters. The minimum absolute atomic E-state index is 0.121. The number of nitrogens with one attached hydrogen (secondary N) is 1. The van der Waals surface area contributed by atoms with Crippen LogP contribution in [0.4, 0.5) is 4.39 Å². The summed E-state index contributed by atoms with van der Waals surface area (Å²) in [6.07, 6.45) is 0.614. The van der Waals surface area contributed by atoms with Crippen LogP contribution in [0.2, 0.25) is 0 Å². The zero-order chi connectivity index (χ0) is 9.07. The van der Waals surface area contributed by atoms with Crippen molar-refractivity contribution in [2.24, 2.45) is 0 Å². The van der Waals surface area contributed by atoms with E-state index in [1.807, 2.05) is 0 Å². The van der Waals surface area contributed by atoms with Crippen molar-refractivity contribution in [3.8, 4) is 0 Å². The van der Waals surface area contributed by atoms with Crippen LogP contribution >= 0.6 is 0 Å². The van der Waals surface area contributed by atoms with Crippen molar-refractivity contribution in [3.05, 3.63) is 0 Å². The Kier molecular flexibility index (Phi) is 9.74. The van der Waals surface area contributed by atoms with Gasteiger partial charge in [-0.2, -0.15) is 0 Å². The van der Waals surface area contributed by atoms with Gasteiger partial charge in [0.2, 0.25) is 6.41 Å². The Hall–Kier alpha value is -0.680. The van der Waals surface area contributed by atoms with Crippen molar-refractivity contribution in [2.45, 2.75) is 0 Å². The molecule has 1 amide bonds. The van der Waals surface area contributed by atoms with Crippen LogP contribution < -0.4 is 5.32 Å². The van der Waals surface area contributed by atoms with Crippen molar-refractivity contribution in [3.63, 3.8) is 0 Å². The van der Waals surface area contributed by atoms with Crippen molar-refractivity contribution in [1.82, 2.24) is 5.32 Å². The molecular weight excluding hydrogens is 165 g/mol. The van der Waals surface area contributed by atoms with Gasteiger partial charge in [-0.3, -0.25) is 4.79 Å². The molecule has 0 fully saturated rings. The molecule has 0 saturated heterocycles. The third-order valence-electron chi connectivity index (χ3n) is 1.07. The van der Waals surface area contributed by atoms with E-state index in [1.165, 1.54) is 0 Å². The monoisotopic (exact) mass is 179 g/mol. The second-order valence-corrected chi connectivity index (χ2v) is 1.99. The fraction of sp³-hybridized carbons (Fsp3) is 0.857. The number of carbonyl (C=O) groups excluding carboxylic acids is 1. The van der Waals surface area contributed by atoms with Crippen LogP contribution in [0.3, 0.4) is 0 Å². The zero-order valence-corrected chi connectivity index (χ0v) is 6.92. The highest BCUT2D eigenvalue weighted by molar-refractivity contribution is 5.45. The Morgan fingerprint density at radius 3 is 2.42 bits per heavy atom. The Labute approximate surface area is 71.0 Å². The van der Waals surface area contributed by atoms with Gasteiger partial charge in [-0.15, -0.1) is 0 Å². The minimum Gasteiger partial charge on any atom is -0.377 e. The summed E-state index contributed by atoms with van der Waals surface area (Å²) in [4.78, 5) is 9.75. The van der Waals surface area contributed by atoms with E-state index >= 15 is 0 Å². The summed E-state index contributed by atoms with van der Waals surface area (Å²) in [5.74, 6) is 0. The number of amides is 1. The lowest BCUT2D eigenvalue weighted by molar-refractivity contribution is -0.109. The highest BCUT2D eigenvalue weighted by Gasteiger charge is 1.88. The average molecular weight is 179 g/mol. The van der Waals surface area contributed by atoms with Gasteiger partial charge < -0.3 is 14.8 Å². The summed E-state index contributed by atoms with van der Waals surface area (Å²) < 4.78 is 21.3. The number of hydrogen-bond donors (Lipinski definition) is 1. The van der Waals surface area contributed by atoms with Crippen LogP contribution in [0, 0.1) is 0 Å².